The standard InChI is InChI=1S/C27H25Cl4N3O2S/c1-26(36-2,19-10-12-21(29)23(31)16-19)25(35)34-27(13-6-14-32,18-7-4-3-5-8-18)37-24(33-34)17-9-11-20(28)22(30)15-17/h3-5,7-12,15-16H,6,13-14,32H2,1-2H3/t26-,27?/m0/s1. The van der Waals surface area contributed by atoms with Gasteiger partial charge in [0.25, 0.3) is 5.91 Å². The SMILES string of the molecule is CO[C@](C)(C(=O)N1N=C(c2ccc(Cl)c(Cl)c2)SC1(CCCN)c1ccccc1)c1ccc(Cl)c(Cl)c1. The number of ether oxygens (including phenoxy) is 1. The topological polar surface area (TPSA) is 67.9 Å². The fourth-order valence-electron chi connectivity index (χ4n) is 4.20. The van der Waals surface area contributed by atoms with Gasteiger partial charge in [0.1, 0.15) is 9.91 Å². The van der Waals surface area contributed by atoms with E-state index in [0.29, 0.717) is 50.1 Å². The Morgan fingerprint density at radius 3 is 2.24 bits per heavy atom. The lowest BCUT2D eigenvalue weighted by Crippen LogP contribution is -2.50. The molecule has 0 saturated heterocycles. The van der Waals surface area contributed by atoms with E-state index >= 15 is 0 Å². The van der Waals surface area contributed by atoms with Gasteiger partial charge in [-0.05, 0) is 61.7 Å². The van der Waals surface area contributed by atoms with E-state index in [-0.39, 0.29) is 5.91 Å². The second kappa shape index (κ2) is 11.5. The second-order valence-electron chi connectivity index (χ2n) is 8.66. The number of hydrazone groups is 1. The normalized spacial score (nSPS) is 19.0. The van der Waals surface area contributed by atoms with Crippen LogP contribution in [0.4, 0.5) is 0 Å². The molecule has 0 aliphatic carbocycles. The Labute approximate surface area is 240 Å². The molecule has 10 heteroatoms. The Balaban J connectivity index is 1.90. The van der Waals surface area contributed by atoms with Gasteiger partial charge in [-0.2, -0.15) is 5.10 Å². The highest BCUT2D eigenvalue weighted by molar-refractivity contribution is 8.15. The summed E-state index contributed by atoms with van der Waals surface area (Å²) in [5.74, 6) is -0.364. The van der Waals surface area contributed by atoms with E-state index in [1.165, 1.54) is 23.9 Å². The van der Waals surface area contributed by atoms with E-state index < -0.39 is 10.5 Å². The van der Waals surface area contributed by atoms with Crippen molar-refractivity contribution in [2.75, 3.05) is 13.7 Å². The number of nitrogens with two attached hydrogens (primary N) is 1. The second-order valence-corrected chi connectivity index (χ2v) is 11.6. The van der Waals surface area contributed by atoms with Gasteiger partial charge in [-0.25, -0.2) is 5.01 Å². The fourth-order valence-corrected chi connectivity index (χ4v) is 6.19. The number of thioether (sulfide) groups is 1. The maximum absolute atomic E-state index is 14.5. The Kier molecular flexibility index (Phi) is 8.81. The Hall–Kier alpha value is -1.77. The van der Waals surface area contributed by atoms with Crippen LogP contribution in [0.2, 0.25) is 20.1 Å². The molecule has 0 spiro atoms. The van der Waals surface area contributed by atoms with Gasteiger partial charge in [-0.3, -0.25) is 4.79 Å². The van der Waals surface area contributed by atoms with Crippen molar-refractivity contribution in [1.82, 2.24) is 5.01 Å². The van der Waals surface area contributed by atoms with Gasteiger partial charge in [0.05, 0.1) is 20.1 Å². The number of carbonyl (C=O) groups excluding carboxylic acids is 1. The van der Waals surface area contributed by atoms with Crippen LogP contribution in [0.5, 0.6) is 0 Å². The number of methoxy groups -OCH3 is 1. The smallest absolute Gasteiger partial charge is 0.280 e. The highest BCUT2D eigenvalue weighted by Crippen LogP contribution is 2.52. The number of carbonyl (C=O) groups is 1. The first kappa shape index (κ1) is 28.2. The molecule has 2 atom stereocenters. The third kappa shape index (κ3) is 5.39. The average molecular weight is 597 g/mol. The van der Waals surface area contributed by atoms with Crippen molar-refractivity contribution >= 4 is 69.1 Å². The first-order chi connectivity index (χ1) is 17.7. The van der Waals surface area contributed by atoms with Gasteiger partial charge >= 0.3 is 0 Å². The number of rotatable bonds is 8. The van der Waals surface area contributed by atoms with Crippen LogP contribution in [0.15, 0.2) is 71.8 Å². The van der Waals surface area contributed by atoms with Gasteiger partial charge in [-0.15, -0.1) is 0 Å². The van der Waals surface area contributed by atoms with Gasteiger partial charge in [-0.1, -0.05) is 101 Å². The molecule has 3 aromatic rings. The predicted octanol–water partition coefficient (Wildman–Crippen LogP) is 7.69. The first-order valence-electron chi connectivity index (χ1n) is 11.5. The minimum absolute atomic E-state index is 0.323. The lowest BCUT2D eigenvalue weighted by atomic mass is 9.92. The average Bonchev–Trinajstić information content (AvgIpc) is 3.30. The quantitative estimate of drug-likeness (QED) is 0.289. The Morgan fingerprint density at radius 1 is 1.00 bits per heavy atom. The molecule has 0 bridgehead atoms. The molecule has 1 aliphatic rings. The van der Waals surface area contributed by atoms with Crippen molar-refractivity contribution in [3.05, 3.63) is 104 Å². The molecule has 5 nitrogen and oxygen atoms in total. The van der Waals surface area contributed by atoms with E-state index in [0.717, 1.165) is 11.1 Å². The van der Waals surface area contributed by atoms with Gasteiger partial charge in [0, 0.05) is 12.7 Å². The minimum atomic E-state index is -1.41. The molecule has 1 amide bonds. The minimum Gasteiger partial charge on any atom is -0.364 e. The van der Waals surface area contributed by atoms with Crippen molar-refractivity contribution < 1.29 is 9.53 Å². The summed E-state index contributed by atoms with van der Waals surface area (Å²) in [5.41, 5.74) is 6.75. The molecule has 194 valence electrons. The summed E-state index contributed by atoms with van der Waals surface area (Å²) >= 11 is 26.4. The van der Waals surface area contributed by atoms with E-state index in [4.69, 9.17) is 62.0 Å². The molecule has 0 saturated carbocycles. The van der Waals surface area contributed by atoms with Crippen LogP contribution in [0.3, 0.4) is 0 Å². The molecule has 37 heavy (non-hydrogen) atoms. The van der Waals surface area contributed by atoms with E-state index in [1.807, 2.05) is 36.4 Å². The third-order valence-corrected chi connectivity index (χ3v) is 9.33. The molecular weight excluding hydrogens is 572 g/mol. The van der Waals surface area contributed by atoms with Crippen molar-refractivity contribution in [3.8, 4) is 0 Å². The largest absolute Gasteiger partial charge is 0.364 e. The maximum Gasteiger partial charge on any atom is 0.280 e. The first-order valence-corrected chi connectivity index (χ1v) is 13.8. The van der Waals surface area contributed by atoms with Crippen LogP contribution in [-0.2, 0) is 20.0 Å². The molecule has 1 aliphatic heterocycles. The number of nitrogens with zero attached hydrogens (tertiary/aromatic N) is 2. The van der Waals surface area contributed by atoms with Gasteiger partial charge < -0.3 is 10.5 Å². The van der Waals surface area contributed by atoms with Crippen molar-refractivity contribution in [2.24, 2.45) is 10.8 Å². The number of hydrogen-bond acceptors (Lipinski definition) is 5. The zero-order chi connectivity index (χ0) is 26.8. The van der Waals surface area contributed by atoms with Crippen LogP contribution >= 0.6 is 58.2 Å². The molecule has 3 aromatic carbocycles. The lowest BCUT2D eigenvalue weighted by Gasteiger charge is -2.40. The van der Waals surface area contributed by atoms with Crippen LogP contribution in [0.1, 0.15) is 36.5 Å². The number of halogens is 4. The van der Waals surface area contributed by atoms with Gasteiger partial charge in [0.2, 0.25) is 0 Å². The zero-order valence-corrected chi connectivity index (χ0v) is 24.0. The fraction of sp³-hybridized carbons (Fsp3) is 0.259. The summed E-state index contributed by atoms with van der Waals surface area (Å²) < 4.78 is 5.87. The van der Waals surface area contributed by atoms with E-state index in [2.05, 4.69) is 0 Å². The summed E-state index contributed by atoms with van der Waals surface area (Å²) in [5, 5.41) is 8.56. The van der Waals surface area contributed by atoms with Crippen LogP contribution < -0.4 is 5.73 Å². The highest BCUT2D eigenvalue weighted by Gasteiger charge is 2.53. The molecule has 0 aromatic heterocycles. The van der Waals surface area contributed by atoms with Crippen molar-refractivity contribution in [2.45, 2.75) is 30.2 Å². The Bertz CT molecular complexity index is 1340. The molecule has 2 N–H and O–H groups in total. The van der Waals surface area contributed by atoms with Crippen LogP contribution in [-0.4, -0.2) is 29.6 Å². The number of amides is 1. The lowest BCUT2D eigenvalue weighted by molar-refractivity contribution is -0.158. The summed E-state index contributed by atoms with van der Waals surface area (Å²) in [7, 11) is 1.48. The number of hydrogen-bond donors (Lipinski definition) is 1. The monoisotopic (exact) mass is 595 g/mol. The third-order valence-electron chi connectivity index (χ3n) is 6.39. The van der Waals surface area contributed by atoms with E-state index in [9.17, 15) is 4.79 Å². The predicted molar refractivity (Wildman–Crippen MR) is 155 cm³/mol. The molecule has 4 rings (SSSR count). The summed E-state index contributed by atoms with van der Waals surface area (Å²) in [6.45, 7) is 2.15. The summed E-state index contributed by atoms with van der Waals surface area (Å²) in [6.07, 6.45) is 1.21. The van der Waals surface area contributed by atoms with Crippen LogP contribution in [0.25, 0.3) is 0 Å². The van der Waals surface area contributed by atoms with Crippen molar-refractivity contribution in [1.29, 1.82) is 0 Å². The molecule has 1 unspecified atom stereocenters. The van der Waals surface area contributed by atoms with Gasteiger partial charge in [0.15, 0.2) is 5.60 Å². The zero-order valence-electron chi connectivity index (χ0n) is 20.2. The maximum atomic E-state index is 14.5. The van der Waals surface area contributed by atoms with Crippen molar-refractivity contribution in [3.63, 3.8) is 0 Å². The molecule has 1 heterocycles. The molecule has 0 fully saturated rings. The summed E-state index contributed by atoms with van der Waals surface area (Å²) in [4.78, 5) is 13.6. The summed E-state index contributed by atoms with van der Waals surface area (Å²) in [6, 6.07) is 20.1. The van der Waals surface area contributed by atoms with E-state index in [1.54, 1.807) is 37.3 Å². The van der Waals surface area contributed by atoms with Crippen LogP contribution in [0, 0.1) is 0 Å². The number of benzene rings is 3. The molecule has 0 radical (unpaired) electrons. The Morgan fingerprint density at radius 2 is 1.65 bits per heavy atom. The molecular formula is C27H25Cl4N3O2S. The highest BCUT2D eigenvalue weighted by atomic mass is 35.5.